The molecular formula is C20H21NO5. The Kier molecular flexibility index (Phi) is 4.75. The number of hydrogen-bond donors (Lipinski definition) is 1. The quantitative estimate of drug-likeness (QED) is 0.830. The average Bonchev–Trinajstić information content (AvgIpc) is 3.00. The van der Waals surface area contributed by atoms with Gasteiger partial charge < -0.3 is 24.3 Å². The van der Waals surface area contributed by atoms with Crippen LogP contribution in [-0.2, 0) is 4.79 Å². The highest BCUT2D eigenvalue weighted by Gasteiger charge is 2.27. The van der Waals surface area contributed by atoms with Gasteiger partial charge in [0.2, 0.25) is 5.75 Å². The number of allylic oxidation sites excluding steroid dienone is 1. The number of carbonyl (C=O) groups excluding carboxylic acids is 1. The van der Waals surface area contributed by atoms with Crippen molar-refractivity contribution in [1.82, 2.24) is 0 Å². The maximum atomic E-state index is 12.6. The van der Waals surface area contributed by atoms with Crippen LogP contribution < -0.4 is 24.3 Å². The number of amides is 1. The smallest absolute Gasteiger partial charge is 0.256 e. The van der Waals surface area contributed by atoms with Crippen molar-refractivity contribution in [3.8, 4) is 23.0 Å². The molecule has 1 aliphatic rings. The molecule has 136 valence electrons. The first-order valence-electron chi connectivity index (χ1n) is 8.05. The minimum absolute atomic E-state index is 0.153. The number of anilines is 1. The van der Waals surface area contributed by atoms with Crippen LogP contribution >= 0.6 is 0 Å². The lowest BCUT2D eigenvalue weighted by Crippen LogP contribution is -2.05. The van der Waals surface area contributed by atoms with Crippen LogP contribution in [0.25, 0.3) is 11.1 Å². The highest BCUT2D eigenvalue weighted by atomic mass is 16.5. The van der Waals surface area contributed by atoms with Crippen LogP contribution in [-0.4, -0.2) is 34.3 Å². The lowest BCUT2D eigenvalue weighted by atomic mass is 9.96. The maximum Gasteiger partial charge on any atom is 0.256 e. The summed E-state index contributed by atoms with van der Waals surface area (Å²) in [6.07, 6.45) is 0. The van der Waals surface area contributed by atoms with E-state index in [4.69, 9.17) is 18.9 Å². The van der Waals surface area contributed by atoms with E-state index >= 15 is 0 Å². The molecule has 6 heteroatoms. The number of rotatable bonds is 5. The predicted octanol–water partition coefficient (Wildman–Crippen LogP) is 3.60. The molecule has 1 aliphatic heterocycles. The minimum atomic E-state index is -0.153. The fourth-order valence-electron chi connectivity index (χ4n) is 3.09. The van der Waals surface area contributed by atoms with Crippen molar-refractivity contribution in [3.05, 3.63) is 41.5 Å². The van der Waals surface area contributed by atoms with Gasteiger partial charge in [0.15, 0.2) is 11.5 Å². The Hall–Kier alpha value is -3.15. The molecule has 26 heavy (non-hydrogen) atoms. The molecule has 0 radical (unpaired) electrons. The van der Waals surface area contributed by atoms with Crippen molar-refractivity contribution in [2.75, 3.05) is 33.8 Å². The van der Waals surface area contributed by atoms with Crippen LogP contribution in [0.3, 0.4) is 0 Å². The summed E-state index contributed by atoms with van der Waals surface area (Å²) >= 11 is 0. The van der Waals surface area contributed by atoms with Gasteiger partial charge in [0.05, 0.1) is 39.7 Å². The molecule has 1 N–H and O–H groups in total. The number of methoxy groups -OCH3 is 4. The molecule has 0 unspecified atom stereocenters. The molecule has 0 aliphatic carbocycles. The second kappa shape index (κ2) is 7.00. The topological polar surface area (TPSA) is 66.0 Å². The highest BCUT2D eigenvalue weighted by molar-refractivity contribution is 6.36. The first-order chi connectivity index (χ1) is 12.5. The molecule has 0 fully saturated rings. The summed E-state index contributed by atoms with van der Waals surface area (Å²) in [7, 11) is 6.27. The fourth-order valence-corrected chi connectivity index (χ4v) is 3.09. The zero-order valence-corrected chi connectivity index (χ0v) is 15.4. The number of carbonyl (C=O) groups is 1. The van der Waals surface area contributed by atoms with Crippen molar-refractivity contribution in [2.24, 2.45) is 0 Å². The first kappa shape index (κ1) is 17.7. The van der Waals surface area contributed by atoms with Crippen LogP contribution in [0, 0.1) is 0 Å². The van der Waals surface area contributed by atoms with Gasteiger partial charge in [-0.3, -0.25) is 4.79 Å². The third-order valence-electron chi connectivity index (χ3n) is 4.44. The molecule has 0 atom stereocenters. The summed E-state index contributed by atoms with van der Waals surface area (Å²) in [5, 5.41) is 2.89. The lowest BCUT2D eigenvalue weighted by Gasteiger charge is -2.15. The summed E-state index contributed by atoms with van der Waals surface area (Å²) in [6.45, 7) is 1.90. The lowest BCUT2D eigenvalue weighted by molar-refractivity contribution is -0.110. The van der Waals surface area contributed by atoms with E-state index < -0.39 is 0 Å². The fraction of sp³-hybridized carbons (Fsp3) is 0.250. The van der Waals surface area contributed by atoms with Crippen LogP contribution in [0.4, 0.5) is 5.69 Å². The first-order valence-corrected chi connectivity index (χ1v) is 8.05. The SMILES string of the molecule is COc1ccc2c(c1)NC(=O)/C2=C(\C)c1cc(OC)c(OC)c(OC)c1. The van der Waals surface area contributed by atoms with Crippen molar-refractivity contribution >= 4 is 22.7 Å². The van der Waals surface area contributed by atoms with Gasteiger partial charge in [-0.25, -0.2) is 0 Å². The van der Waals surface area contributed by atoms with Gasteiger partial charge in [-0.1, -0.05) is 0 Å². The van der Waals surface area contributed by atoms with E-state index in [-0.39, 0.29) is 5.91 Å². The molecule has 0 saturated heterocycles. The zero-order chi connectivity index (χ0) is 18.8. The standard InChI is InChI=1S/C20H21NO5/c1-11(12-8-16(24-3)19(26-5)17(9-12)25-4)18-14-7-6-13(23-2)10-15(14)21-20(18)22/h6-10H,1-5H3,(H,21,22)/b18-11+. The van der Waals surface area contributed by atoms with E-state index in [0.29, 0.717) is 28.6 Å². The minimum Gasteiger partial charge on any atom is -0.497 e. The number of benzene rings is 2. The van der Waals surface area contributed by atoms with Gasteiger partial charge in [-0.2, -0.15) is 0 Å². The molecule has 2 aromatic rings. The van der Waals surface area contributed by atoms with Gasteiger partial charge in [-0.15, -0.1) is 0 Å². The molecule has 0 saturated carbocycles. The summed E-state index contributed by atoms with van der Waals surface area (Å²) in [4.78, 5) is 12.6. The molecule has 0 spiro atoms. The Balaban J connectivity index is 2.18. The van der Waals surface area contributed by atoms with Crippen molar-refractivity contribution in [2.45, 2.75) is 6.92 Å². The summed E-state index contributed by atoms with van der Waals surface area (Å²) in [6, 6.07) is 9.18. The van der Waals surface area contributed by atoms with E-state index in [1.807, 2.05) is 37.3 Å². The second-order valence-corrected chi connectivity index (χ2v) is 5.78. The molecule has 6 nitrogen and oxygen atoms in total. The molecule has 1 amide bonds. The van der Waals surface area contributed by atoms with E-state index in [0.717, 1.165) is 22.4 Å². The number of nitrogens with one attached hydrogen (secondary N) is 1. The van der Waals surface area contributed by atoms with Gasteiger partial charge in [0.25, 0.3) is 5.91 Å². The summed E-state index contributed by atoms with van der Waals surface area (Å²) in [5.74, 6) is 2.12. The van der Waals surface area contributed by atoms with Crippen molar-refractivity contribution in [3.63, 3.8) is 0 Å². The normalized spacial score (nSPS) is 14.4. The monoisotopic (exact) mass is 355 g/mol. The predicted molar refractivity (Wildman–Crippen MR) is 100 cm³/mol. The van der Waals surface area contributed by atoms with Gasteiger partial charge in [0, 0.05) is 11.6 Å². The van der Waals surface area contributed by atoms with Crippen molar-refractivity contribution in [1.29, 1.82) is 0 Å². The summed E-state index contributed by atoms with van der Waals surface area (Å²) < 4.78 is 21.4. The molecule has 0 aromatic heterocycles. The molecular weight excluding hydrogens is 334 g/mol. The van der Waals surface area contributed by atoms with Crippen LogP contribution in [0.5, 0.6) is 23.0 Å². The Bertz CT molecular complexity index is 876. The van der Waals surface area contributed by atoms with E-state index in [2.05, 4.69) is 5.32 Å². The van der Waals surface area contributed by atoms with Gasteiger partial charge in [-0.05, 0) is 42.3 Å². The van der Waals surface area contributed by atoms with Gasteiger partial charge in [0.1, 0.15) is 5.75 Å². The molecule has 3 rings (SSSR count). The Morgan fingerprint density at radius 3 is 2.08 bits per heavy atom. The number of fused-ring (bicyclic) bond motifs is 1. The van der Waals surface area contributed by atoms with Crippen LogP contribution in [0.1, 0.15) is 18.1 Å². The Morgan fingerprint density at radius 1 is 0.885 bits per heavy atom. The molecule has 0 bridgehead atoms. The van der Waals surface area contributed by atoms with E-state index in [1.54, 1.807) is 28.4 Å². The maximum absolute atomic E-state index is 12.6. The Morgan fingerprint density at radius 2 is 1.54 bits per heavy atom. The van der Waals surface area contributed by atoms with Crippen LogP contribution in [0.15, 0.2) is 30.3 Å². The second-order valence-electron chi connectivity index (χ2n) is 5.78. The zero-order valence-electron chi connectivity index (χ0n) is 15.4. The highest BCUT2D eigenvalue weighted by Crippen LogP contribution is 2.43. The van der Waals surface area contributed by atoms with E-state index in [1.165, 1.54) is 0 Å². The van der Waals surface area contributed by atoms with Crippen molar-refractivity contribution < 1.29 is 23.7 Å². The van der Waals surface area contributed by atoms with Gasteiger partial charge >= 0.3 is 0 Å². The molecule has 2 aromatic carbocycles. The third-order valence-corrected chi connectivity index (χ3v) is 4.44. The number of ether oxygens (including phenoxy) is 4. The summed E-state index contributed by atoms with van der Waals surface area (Å²) in [5.41, 5.74) is 3.80. The Labute approximate surface area is 152 Å². The largest absolute Gasteiger partial charge is 0.497 e. The van der Waals surface area contributed by atoms with E-state index in [9.17, 15) is 4.79 Å². The number of hydrogen-bond acceptors (Lipinski definition) is 5. The third kappa shape index (κ3) is 2.83. The van der Waals surface area contributed by atoms with Crippen LogP contribution in [0.2, 0.25) is 0 Å². The molecule has 1 heterocycles. The average molecular weight is 355 g/mol.